The van der Waals surface area contributed by atoms with Crippen molar-refractivity contribution >= 4 is 22.4 Å². The molecule has 2 aromatic heterocycles. The molecule has 0 bridgehead atoms. The Morgan fingerprint density at radius 1 is 1.15 bits per heavy atom. The average Bonchev–Trinajstić information content (AvgIpc) is 3.35. The zero-order chi connectivity index (χ0) is 17.8. The van der Waals surface area contributed by atoms with Gasteiger partial charge in [0.2, 0.25) is 0 Å². The Balaban J connectivity index is 1.37. The average molecular weight is 367 g/mol. The summed E-state index contributed by atoms with van der Waals surface area (Å²) >= 11 is 1.48. The van der Waals surface area contributed by atoms with Crippen LogP contribution in [-0.4, -0.2) is 38.7 Å². The van der Waals surface area contributed by atoms with E-state index in [4.69, 9.17) is 0 Å². The van der Waals surface area contributed by atoms with Gasteiger partial charge < -0.3 is 0 Å². The van der Waals surface area contributed by atoms with Gasteiger partial charge >= 0.3 is 0 Å². The number of piperidine rings is 1. The van der Waals surface area contributed by atoms with Gasteiger partial charge in [0.25, 0.3) is 5.91 Å². The predicted octanol–water partition coefficient (Wildman–Crippen LogP) is 3.57. The van der Waals surface area contributed by atoms with Crippen LogP contribution < -0.4 is 5.32 Å². The quantitative estimate of drug-likeness (QED) is 0.749. The van der Waals surface area contributed by atoms with Crippen LogP contribution in [-0.2, 0) is 6.54 Å². The molecule has 1 N–H and O–H groups in total. The molecule has 1 saturated heterocycles. The van der Waals surface area contributed by atoms with Crippen LogP contribution in [0.2, 0.25) is 0 Å². The van der Waals surface area contributed by atoms with Gasteiger partial charge in [0, 0.05) is 29.9 Å². The maximum atomic E-state index is 12.4. The van der Waals surface area contributed by atoms with E-state index >= 15 is 0 Å². The molecule has 1 fully saturated rings. The highest BCUT2D eigenvalue weighted by molar-refractivity contribution is 7.13. The van der Waals surface area contributed by atoms with E-state index < -0.39 is 0 Å². The molecule has 4 rings (SSSR count). The van der Waals surface area contributed by atoms with E-state index in [1.807, 2.05) is 29.8 Å². The van der Waals surface area contributed by atoms with Gasteiger partial charge in [-0.05, 0) is 56.3 Å². The lowest BCUT2D eigenvalue weighted by Crippen LogP contribution is -2.29. The fraction of sp³-hybridized carbons (Fsp3) is 0.316. The SMILES string of the molecule is O=C(Nc1nc(CN2CCCCC2)cs1)c1ccc(-n2cccn2)cc1. The highest BCUT2D eigenvalue weighted by atomic mass is 32.1. The molecule has 3 aromatic rings. The summed E-state index contributed by atoms with van der Waals surface area (Å²) in [7, 11) is 0. The molecule has 1 aliphatic heterocycles. The maximum Gasteiger partial charge on any atom is 0.257 e. The second-order valence-corrected chi connectivity index (χ2v) is 7.29. The van der Waals surface area contributed by atoms with Crippen molar-refractivity contribution in [3.05, 3.63) is 59.4 Å². The van der Waals surface area contributed by atoms with Crippen molar-refractivity contribution in [2.75, 3.05) is 18.4 Å². The minimum Gasteiger partial charge on any atom is -0.298 e. The molecular weight excluding hydrogens is 346 g/mol. The first kappa shape index (κ1) is 16.9. The molecule has 0 unspecified atom stereocenters. The van der Waals surface area contributed by atoms with Crippen molar-refractivity contribution in [3.8, 4) is 5.69 Å². The van der Waals surface area contributed by atoms with E-state index in [-0.39, 0.29) is 5.91 Å². The normalized spacial score (nSPS) is 15.1. The first-order chi connectivity index (χ1) is 12.8. The van der Waals surface area contributed by atoms with Crippen molar-refractivity contribution in [1.29, 1.82) is 0 Å². The van der Waals surface area contributed by atoms with Crippen molar-refractivity contribution in [2.24, 2.45) is 0 Å². The molecule has 0 atom stereocenters. The molecule has 0 saturated carbocycles. The molecular formula is C19H21N5OS. The largest absolute Gasteiger partial charge is 0.298 e. The van der Waals surface area contributed by atoms with Gasteiger partial charge in [0.15, 0.2) is 5.13 Å². The smallest absolute Gasteiger partial charge is 0.257 e. The van der Waals surface area contributed by atoms with Crippen LogP contribution in [0.5, 0.6) is 0 Å². The molecule has 1 aromatic carbocycles. The Hall–Kier alpha value is -2.51. The zero-order valence-electron chi connectivity index (χ0n) is 14.5. The topological polar surface area (TPSA) is 63.1 Å². The number of carbonyl (C=O) groups excluding carboxylic acids is 1. The van der Waals surface area contributed by atoms with E-state index in [0.717, 1.165) is 31.0 Å². The molecule has 7 heteroatoms. The van der Waals surface area contributed by atoms with Gasteiger partial charge in [0.1, 0.15) is 0 Å². The monoisotopic (exact) mass is 367 g/mol. The van der Waals surface area contributed by atoms with E-state index in [1.54, 1.807) is 23.0 Å². The van der Waals surface area contributed by atoms with Gasteiger partial charge in [-0.2, -0.15) is 5.10 Å². The van der Waals surface area contributed by atoms with E-state index in [1.165, 1.54) is 30.6 Å². The summed E-state index contributed by atoms with van der Waals surface area (Å²) in [6, 6.07) is 9.23. The summed E-state index contributed by atoms with van der Waals surface area (Å²) in [5.74, 6) is -0.143. The van der Waals surface area contributed by atoms with Gasteiger partial charge in [-0.3, -0.25) is 15.0 Å². The summed E-state index contributed by atoms with van der Waals surface area (Å²) in [6.45, 7) is 3.15. The summed E-state index contributed by atoms with van der Waals surface area (Å²) in [6.07, 6.45) is 7.46. The minimum atomic E-state index is -0.143. The molecule has 0 aliphatic carbocycles. The third-order valence-electron chi connectivity index (χ3n) is 4.50. The van der Waals surface area contributed by atoms with Crippen molar-refractivity contribution in [3.63, 3.8) is 0 Å². The van der Waals surface area contributed by atoms with Gasteiger partial charge in [-0.25, -0.2) is 9.67 Å². The van der Waals surface area contributed by atoms with Crippen LogP contribution in [0, 0.1) is 0 Å². The number of rotatable bonds is 5. The minimum absolute atomic E-state index is 0.143. The summed E-state index contributed by atoms with van der Waals surface area (Å²) in [4.78, 5) is 19.4. The number of amides is 1. The Morgan fingerprint density at radius 2 is 1.96 bits per heavy atom. The van der Waals surface area contributed by atoms with Crippen molar-refractivity contribution in [1.82, 2.24) is 19.7 Å². The first-order valence-electron chi connectivity index (χ1n) is 8.86. The number of benzene rings is 1. The van der Waals surface area contributed by atoms with E-state index in [2.05, 4.69) is 20.3 Å². The third-order valence-corrected chi connectivity index (χ3v) is 5.31. The Bertz CT molecular complexity index is 850. The molecule has 6 nitrogen and oxygen atoms in total. The summed E-state index contributed by atoms with van der Waals surface area (Å²) in [5.41, 5.74) is 2.56. The highest BCUT2D eigenvalue weighted by Gasteiger charge is 2.14. The van der Waals surface area contributed by atoms with Crippen LogP contribution in [0.4, 0.5) is 5.13 Å². The van der Waals surface area contributed by atoms with Crippen LogP contribution in [0.25, 0.3) is 5.69 Å². The Kier molecular flexibility index (Phi) is 5.08. The first-order valence-corrected chi connectivity index (χ1v) is 9.74. The molecule has 0 radical (unpaired) electrons. The molecule has 134 valence electrons. The third kappa shape index (κ3) is 4.00. The fourth-order valence-corrected chi connectivity index (χ4v) is 3.84. The number of nitrogens with zero attached hydrogens (tertiary/aromatic N) is 4. The fourth-order valence-electron chi connectivity index (χ4n) is 3.14. The van der Waals surface area contributed by atoms with E-state index in [9.17, 15) is 4.79 Å². The van der Waals surface area contributed by atoms with Gasteiger partial charge in [-0.1, -0.05) is 6.42 Å². The second-order valence-electron chi connectivity index (χ2n) is 6.43. The Morgan fingerprint density at radius 3 is 2.69 bits per heavy atom. The Labute approximate surface area is 156 Å². The van der Waals surface area contributed by atoms with Crippen molar-refractivity contribution < 1.29 is 4.79 Å². The molecule has 26 heavy (non-hydrogen) atoms. The number of aromatic nitrogens is 3. The highest BCUT2D eigenvalue weighted by Crippen LogP contribution is 2.20. The number of hydrogen-bond donors (Lipinski definition) is 1. The number of anilines is 1. The standard InChI is InChI=1S/C19H21N5OS/c25-18(15-5-7-17(8-6-15)24-12-4-9-20-24)22-19-21-16(14-26-19)13-23-10-2-1-3-11-23/h4-9,12,14H,1-3,10-11,13H2,(H,21,22,25). The number of hydrogen-bond acceptors (Lipinski definition) is 5. The van der Waals surface area contributed by atoms with Gasteiger partial charge in [0.05, 0.1) is 11.4 Å². The number of carbonyl (C=O) groups is 1. The number of likely N-dealkylation sites (tertiary alicyclic amines) is 1. The summed E-state index contributed by atoms with van der Waals surface area (Å²) in [5, 5.41) is 9.76. The van der Waals surface area contributed by atoms with E-state index in [0.29, 0.717) is 10.7 Å². The summed E-state index contributed by atoms with van der Waals surface area (Å²) < 4.78 is 1.76. The predicted molar refractivity (Wildman–Crippen MR) is 103 cm³/mol. The molecule has 0 spiro atoms. The maximum absolute atomic E-state index is 12.4. The number of thiazole rings is 1. The number of nitrogens with one attached hydrogen (secondary N) is 1. The molecule has 3 heterocycles. The van der Waals surface area contributed by atoms with Crippen LogP contribution in [0.3, 0.4) is 0 Å². The van der Waals surface area contributed by atoms with Gasteiger partial charge in [-0.15, -0.1) is 11.3 Å². The lowest BCUT2D eigenvalue weighted by Gasteiger charge is -2.25. The molecule has 1 amide bonds. The second kappa shape index (κ2) is 7.80. The lowest BCUT2D eigenvalue weighted by atomic mass is 10.1. The lowest BCUT2D eigenvalue weighted by molar-refractivity contribution is 0.102. The van der Waals surface area contributed by atoms with Crippen LogP contribution in [0.1, 0.15) is 35.3 Å². The molecule has 1 aliphatic rings. The zero-order valence-corrected chi connectivity index (χ0v) is 15.3. The van der Waals surface area contributed by atoms with Crippen LogP contribution >= 0.6 is 11.3 Å². The van der Waals surface area contributed by atoms with Crippen molar-refractivity contribution in [2.45, 2.75) is 25.8 Å². The van der Waals surface area contributed by atoms with Crippen LogP contribution in [0.15, 0.2) is 48.1 Å².